The molecule has 1 aromatic heterocycles. The first kappa shape index (κ1) is 10.1. The lowest BCUT2D eigenvalue weighted by Gasteiger charge is -2.24. The second-order valence-corrected chi connectivity index (χ2v) is 4.10. The van der Waals surface area contributed by atoms with Gasteiger partial charge in [0.2, 0.25) is 11.9 Å². The van der Waals surface area contributed by atoms with Gasteiger partial charge in [-0.1, -0.05) is 30.3 Å². The number of hydrogen-bond donors (Lipinski definition) is 2. The highest BCUT2D eigenvalue weighted by molar-refractivity contribution is 5.38. The topological polar surface area (TPSA) is 54.8 Å². The molecule has 17 heavy (non-hydrogen) atoms. The van der Waals surface area contributed by atoms with Gasteiger partial charge in [0, 0.05) is 13.6 Å². The molecule has 5 heteroatoms. The molecule has 1 aliphatic rings. The van der Waals surface area contributed by atoms with Gasteiger partial charge in [0.1, 0.15) is 0 Å². The molecule has 1 aliphatic heterocycles. The summed E-state index contributed by atoms with van der Waals surface area (Å²) in [5, 5.41) is 10.7. The van der Waals surface area contributed by atoms with Crippen LogP contribution in [-0.4, -0.2) is 28.4 Å². The van der Waals surface area contributed by atoms with Crippen molar-refractivity contribution < 1.29 is 0 Å². The number of hydrogen-bond acceptors (Lipinski definition) is 4. The molecule has 0 radical (unpaired) electrons. The lowest BCUT2D eigenvalue weighted by Crippen LogP contribution is -2.24. The van der Waals surface area contributed by atoms with Crippen LogP contribution in [0.1, 0.15) is 18.0 Å². The van der Waals surface area contributed by atoms with Gasteiger partial charge in [-0.25, -0.2) is 4.68 Å². The lowest BCUT2D eigenvalue weighted by molar-refractivity contribution is 0.481. The average Bonchev–Trinajstić information content (AvgIpc) is 2.82. The molecule has 0 fully saturated rings. The number of nitrogens with one attached hydrogen (secondary N) is 2. The summed E-state index contributed by atoms with van der Waals surface area (Å²) in [6, 6.07) is 10.7. The van der Waals surface area contributed by atoms with E-state index in [2.05, 4.69) is 45.0 Å². The molecule has 0 aliphatic carbocycles. The minimum absolute atomic E-state index is 0.280. The number of benzene rings is 1. The van der Waals surface area contributed by atoms with Crippen LogP contribution in [0.2, 0.25) is 0 Å². The summed E-state index contributed by atoms with van der Waals surface area (Å²) >= 11 is 0. The van der Waals surface area contributed by atoms with Crippen molar-refractivity contribution in [1.29, 1.82) is 0 Å². The summed E-state index contributed by atoms with van der Waals surface area (Å²) in [4.78, 5) is 4.37. The van der Waals surface area contributed by atoms with Crippen LogP contribution >= 0.6 is 0 Å². The average molecular weight is 229 g/mol. The van der Waals surface area contributed by atoms with Crippen molar-refractivity contribution in [3.05, 3.63) is 35.9 Å². The summed E-state index contributed by atoms with van der Waals surface area (Å²) in [6.07, 6.45) is 1.03. The third kappa shape index (κ3) is 1.73. The summed E-state index contributed by atoms with van der Waals surface area (Å²) in [6.45, 7) is 0.932. The highest BCUT2D eigenvalue weighted by Crippen LogP contribution is 2.28. The van der Waals surface area contributed by atoms with Crippen LogP contribution in [0.5, 0.6) is 0 Å². The normalized spacial score (nSPS) is 18.3. The van der Waals surface area contributed by atoms with E-state index in [1.807, 2.05) is 17.8 Å². The van der Waals surface area contributed by atoms with Crippen LogP contribution in [0.25, 0.3) is 0 Å². The van der Waals surface area contributed by atoms with E-state index in [1.54, 1.807) is 0 Å². The lowest BCUT2D eigenvalue weighted by atomic mass is 10.0. The molecule has 0 amide bonds. The Morgan fingerprint density at radius 2 is 2.18 bits per heavy atom. The van der Waals surface area contributed by atoms with Crippen LogP contribution in [0.15, 0.2) is 30.3 Å². The van der Waals surface area contributed by atoms with Crippen molar-refractivity contribution in [1.82, 2.24) is 14.8 Å². The molecule has 0 saturated heterocycles. The fraction of sp³-hybridized carbons (Fsp3) is 0.333. The van der Waals surface area contributed by atoms with Gasteiger partial charge in [-0.15, -0.1) is 5.10 Å². The van der Waals surface area contributed by atoms with Crippen molar-refractivity contribution in [2.45, 2.75) is 12.5 Å². The monoisotopic (exact) mass is 229 g/mol. The Balaban J connectivity index is 2.02. The van der Waals surface area contributed by atoms with Crippen molar-refractivity contribution in [3.63, 3.8) is 0 Å². The molecular weight excluding hydrogens is 214 g/mol. The molecule has 0 spiro atoms. The quantitative estimate of drug-likeness (QED) is 0.823. The van der Waals surface area contributed by atoms with Crippen LogP contribution in [0.3, 0.4) is 0 Å². The molecule has 2 heterocycles. The standard InChI is InChI=1S/C12H15N5/c1-13-11-15-12-14-8-7-10(17(12)16-11)9-5-3-2-4-6-9/h2-6,10H,7-8H2,1H3,(H2,13,14,15,16). The maximum atomic E-state index is 4.46. The van der Waals surface area contributed by atoms with E-state index in [1.165, 1.54) is 5.56 Å². The van der Waals surface area contributed by atoms with Gasteiger partial charge in [-0.05, 0) is 12.0 Å². The highest BCUT2D eigenvalue weighted by atomic mass is 15.5. The fourth-order valence-electron chi connectivity index (χ4n) is 2.19. The third-order valence-electron chi connectivity index (χ3n) is 3.04. The summed E-state index contributed by atoms with van der Waals surface area (Å²) in [7, 11) is 1.83. The number of fused-ring (bicyclic) bond motifs is 1. The Bertz CT molecular complexity index is 505. The summed E-state index contributed by atoms with van der Waals surface area (Å²) in [5.41, 5.74) is 1.28. The third-order valence-corrected chi connectivity index (χ3v) is 3.04. The van der Waals surface area contributed by atoms with Crippen LogP contribution in [0, 0.1) is 0 Å². The van der Waals surface area contributed by atoms with Crippen molar-refractivity contribution in [3.8, 4) is 0 Å². The summed E-state index contributed by atoms with van der Waals surface area (Å²) < 4.78 is 1.96. The van der Waals surface area contributed by atoms with E-state index in [0.29, 0.717) is 5.95 Å². The minimum Gasteiger partial charge on any atom is -0.356 e. The molecule has 1 atom stereocenters. The molecule has 1 unspecified atom stereocenters. The van der Waals surface area contributed by atoms with Gasteiger partial charge in [-0.2, -0.15) is 4.98 Å². The molecule has 88 valence electrons. The van der Waals surface area contributed by atoms with Gasteiger partial charge in [0.05, 0.1) is 6.04 Å². The van der Waals surface area contributed by atoms with Crippen LogP contribution in [-0.2, 0) is 0 Å². The van der Waals surface area contributed by atoms with Gasteiger partial charge < -0.3 is 10.6 Å². The first-order chi connectivity index (χ1) is 8.38. The van der Waals surface area contributed by atoms with Crippen molar-refractivity contribution in [2.24, 2.45) is 0 Å². The van der Waals surface area contributed by atoms with E-state index in [-0.39, 0.29) is 6.04 Å². The van der Waals surface area contributed by atoms with Crippen LogP contribution < -0.4 is 10.6 Å². The SMILES string of the molecule is CNc1nc2n(n1)C(c1ccccc1)CCN2. The first-order valence-electron chi connectivity index (χ1n) is 5.81. The van der Waals surface area contributed by atoms with Gasteiger partial charge in [0.25, 0.3) is 0 Å². The smallest absolute Gasteiger partial charge is 0.243 e. The number of anilines is 2. The zero-order valence-electron chi connectivity index (χ0n) is 9.72. The first-order valence-corrected chi connectivity index (χ1v) is 5.81. The minimum atomic E-state index is 0.280. The van der Waals surface area contributed by atoms with E-state index in [9.17, 15) is 0 Å². The molecule has 0 bridgehead atoms. The Morgan fingerprint density at radius 3 is 2.94 bits per heavy atom. The van der Waals surface area contributed by atoms with E-state index in [4.69, 9.17) is 0 Å². The Kier molecular flexibility index (Phi) is 2.44. The van der Waals surface area contributed by atoms with Crippen molar-refractivity contribution >= 4 is 11.9 Å². The Labute approximate surface area is 99.9 Å². The molecule has 1 aromatic carbocycles. The molecule has 3 rings (SSSR count). The maximum Gasteiger partial charge on any atom is 0.243 e. The van der Waals surface area contributed by atoms with Gasteiger partial charge >= 0.3 is 0 Å². The maximum absolute atomic E-state index is 4.46. The second-order valence-electron chi connectivity index (χ2n) is 4.10. The zero-order chi connectivity index (χ0) is 11.7. The molecule has 0 saturated carbocycles. The molecule has 5 nitrogen and oxygen atoms in total. The molecule has 2 N–H and O–H groups in total. The molecule has 2 aromatic rings. The van der Waals surface area contributed by atoms with E-state index >= 15 is 0 Å². The predicted octanol–water partition coefficient (Wildman–Crippen LogP) is 1.72. The van der Waals surface area contributed by atoms with Crippen molar-refractivity contribution in [2.75, 3.05) is 24.2 Å². The van der Waals surface area contributed by atoms with E-state index in [0.717, 1.165) is 18.9 Å². The number of nitrogens with zero attached hydrogens (tertiary/aromatic N) is 3. The number of aromatic nitrogens is 3. The fourth-order valence-corrected chi connectivity index (χ4v) is 2.19. The number of rotatable bonds is 2. The highest BCUT2D eigenvalue weighted by Gasteiger charge is 2.23. The summed E-state index contributed by atoms with van der Waals surface area (Å²) in [5.74, 6) is 1.50. The second kappa shape index (κ2) is 4.08. The Hall–Kier alpha value is -2.04. The predicted molar refractivity (Wildman–Crippen MR) is 67.3 cm³/mol. The Morgan fingerprint density at radius 1 is 1.35 bits per heavy atom. The largest absolute Gasteiger partial charge is 0.356 e. The zero-order valence-corrected chi connectivity index (χ0v) is 9.72. The van der Waals surface area contributed by atoms with Crippen LogP contribution in [0.4, 0.5) is 11.9 Å². The van der Waals surface area contributed by atoms with Gasteiger partial charge in [0.15, 0.2) is 0 Å². The van der Waals surface area contributed by atoms with Gasteiger partial charge in [-0.3, -0.25) is 0 Å². The van der Waals surface area contributed by atoms with E-state index < -0.39 is 0 Å². The molecular formula is C12H15N5.